The molecular weight excluding hydrogens is 156 g/mol. The van der Waals surface area contributed by atoms with Crippen molar-refractivity contribution in [2.45, 2.75) is 39.2 Å². The zero-order chi connectivity index (χ0) is 9.56. The van der Waals surface area contributed by atoms with Crippen LogP contribution in [0.25, 0.3) is 0 Å². The molecule has 0 saturated heterocycles. The zero-order valence-electron chi connectivity index (χ0n) is 7.92. The van der Waals surface area contributed by atoms with E-state index in [1.165, 1.54) is 7.11 Å². The summed E-state index contributed by atoms with van der Waals surface area (Å²) in [5.74, 6) is -0.234. The number of carbonyl (C=O) groups excluding carboxylic acids is 2. The van der Waals surface area contributed by atoms with E-state index < -0.39 is 6.10 Å². The van der Waals surface area contributed by atoms with Gasteiger partial charge in [-0.3, -0.25) is 9.59 Å². The highest BCUT2D eigenvalue weighted by Crippen LogP contribution is 2.02. The van der Waals surface area contributed by atoms with E-state index in [0.717, 1.165) is 6.42 Å². The van der Waals surface area contributed by atoms with E-state index in [1.807, 2.05) is 6.92 Å². The molecule has 0 aromatic carbocycles. The number of Topliss-reactive ketones (excluding diaryl/α,β-unsaturated/α-hetero) is 2. The van der Waals surface area contributed by atoms with Crippen LogP contribution in [0, 0.1) is 0 Å². The van der Waals surface area contributed by atoms with Gasteiger partial charge in [-0.15, -0.1) is 0 Å². The topological polar surface area (TPSA) is 43.4 Å². The molecule has 0 saturated carbocycles. The van der Waals surface area contributed by atoms with Gasteiger partial charge in [-0.25, -0.2) is 0 Å². The second kappa shape index (κ2) is 5.89. The highest BCUT2D eigenvalue weighted by atomic mass is 16.5. The van der Waals surface area contributed by atoms with Crippen molar-refractivity contribution in [1.82, 2.24) is 0 Å². The zero-order valence-corrected chi connectivity index (χ0v) is 7.92. The molecule has 0 aliphatic carbocycles. The van der Waals surface area contributed by atoms with Crippen molar-refractivity contribution in [2.75, 3.05) is 7.11 Å². The average Bonchev–Trinajstić information content (AvgIpc) is 2.06. The molecule has 0 aliphatic rings. The molecule has 70 valence electrons. The van der Waals surface area contributed by atoms with Crippen molar-refractivity contribution in [2.24, 2.45) is 0 Å². The van der Waals surface area contributed by atoms with Crippen molar-refractivity contribution in [3.05, 3.63) is 0 Å². The van der Waals surface area contributed by atoms with E-state index in [1.54, 1.807) is 6.92 Å². The molecule has 0 radical (unpaired) electrons. The molecule has 0 amide bonds. The minimum Gasteiger partial charge on any atom is -0.366 e. The molecule has 0 bridgehead atoms. The minimum atomic E-state index is -0.824. The van der Waals surface area contributed by atoms with Crippen LogP contribution in [0.2, 0.25) is 0 Å². The van der Waals surface area contributed by atoms with Crippen LogP contribution < -0.4 is 0 Å². The quantitative estimate of drug-likeness (QED) is 0.568. The van der Waals surface area contributed by atoms with Gasteiger partial charge < -0.3 is 4.74 Å². The number of hydrogen-bond donors (Lipinski definition) is 0. The van der Waals surface area contributed by atoms with Crippen LogP contribution in [-0.4, -0.2) is 24.8 Å². The number of methoxy groups -OCH3 is 1. The molecule has 1 unspecified atom stereocenters. The van der Waals surface area contributed by atoms with E-state index in [-0.39, 0.29) is 11.6 Å². The Bertz CT molecular complexity index is 163. The maximum absolute atomic E-state index is 11.2. The van der Waals surface area contributed by atoms with Gasteiger partial charge in [0.05, 0.1) is 0 Å². The van der Waals surface area contributed by atoms with Gasteiger partial charge in [-0.05, 0) is 6.42 Å². The third-order valence-electron chi connectivity index (χ3n) is 1.67. The van der Waals surface area contributed by atoms with Gasteiger partial charge in [0.25, 0.3) is 0 Å². The largest absolute Gasteiger partial charge is 0.366 e. The van der Waals surface area contributed by atoms with Crippen molar-refractivity contribution in [3.63, 3.8) is 0 Å². The molecule has 1 atom stereocenters. The van der Waals surface area contributed by atoms with Crippen LogP contribution >= 0.6 is 0 Å². The lowest BCUT2D eigenvalue weighted by molar-refractivity contribution is -0.140. The molecule has 3 nitrogen and oxygen atoms in total. The van der Waals surface area contributed by atoms with E-state index in [9.17, 15) is 9.59 Å². The number of ether oxygens (including phenoxy) is 1. The van der Waals surface area contributed by atoms with E-state index in [2.05, 4.69) is 0 Å². The third-order valence-corrected chi connectivity index (χ3v) is 1.67. The van der Waals surface area contributed by atoms with Gasteiger partial charge in [0, 0.05) is 20.0 Å². The number of ketones is 2. The van der Waals surface area contributed by atoms with Crippen molar-refractivity contribution >= 4 is 11.6 Å². The fourth-order valence-corrected chi connectivity index (χ4v) is 1.01. The van der Waals surface area contributed by atoms with Crippen LogP contribution in [0.1, 0.15) is 33.1 Å². The van der Waals surface area contributed by atoms with E-state index in [0.29, 0.717) is 12.8 Å². The Morgan fingerprint density at radius 3 is 2.17 bits per heavy atom. The summed E-state index contributed by atoms with van der Waals surface area (Å²) in [6.45, 7) is 3.63. The summed E-state index contributed by atoms with van der Waals surface area (Å²) in [5, 5.41) is 0. The molecule has 0 spiro atoms. The SMILES string of the molecule is CCCC(=O)C(OC)C(=O)CC. The maximum atomic E-state index is 11.2. The van der Waals surface area contributed by atoms with Crippen molar-refractivity contribution < 1.29 is 14.3 Å². The van der Waals surface area contributed by atoms with Crippen LogP contribution in [0.4, 0.5) is 0 Å². The molecule has 0 aromatic rings. The molecule has 3 heteroatoms. The highest BCUT2D eigenvalue weighted by Gasteiger charge is 2.22. The lowest BCUT2D eigenvalue weighted by Gasteiger charge is -2.10. The first kappa shape index (κ1) is 11.3. The Labute approximate surface area is 73.1 Å². The molecule has 0 aromatic heterocycles. The Morgan fingerprint density at radius 1 is 1.25 bits per heavy atom. The molecule has 0 heterocycles. The Kier molecular flexibility index (Phi) is 5.54. The van der Waals surface area contributed by atoms with Gasteiger partial charge in [-0.1, -0.05) is 13.8 Å². The van der Waals surface area contributed by atoms with E-state index >= 15 is 0 Å². The minimum absolute atomic E-state index is 0.105. The van der Waals surface area contributed by atoms with Crippen molar-refractivity contribution in [1.29, 1.82) is 0 Å². The average molecular weight is 172 g/mol. The molecule has 0 N–H and O–H groups in total. The maximum Gasteiger partial charge on any atom is 0.173 e. The van der Waals surface area contributed by atoms with Crippen LogP contribution in [0.3, 0.4) is 0 Å². The van der Waals surface area contributed by atoms with Crippen LogP contribution in [0.15, 0.2) is 0 Å². The van der Waals surface area contributed by atoms with Gasteiger partial charge in [0.2, 0.25) is 0 Å². The Balaban J connectivity index is 4.14. The first-order valence-electron chi connectivity index (χ1n) is 4.25. The van der Waals surface area contributed by atoms with Crippen molar-refractivity contribution in [3.8, 4) is 0 Å². The summed E-state index contributed by atoms with van der Waals surface area (Å²) >= 11 is 0. The summed E-state index contributed by atoms with van der Waals surface area (Å²) in [4.78, 5) is 22.3. The van der Waals surface area contributed by atoms with Gasteiger partial charge in [-0.2, -0.15) is 0 Å². The fourth-order valence-electron chi connectivity index (χ4n) is 1.01. The monoisotopic (exact) mass is 172 g/mol. The summed E-state index contributed by atoms with van der Waals surface area (Å²) in [6, 6.07) is 0. The highest BCUT2D eigenvalue weighted by molar-refractivity contribution is 6.05. The predicted molar refractivity (Wildman–Crippen MR) is 46.0 cm³/mol. The fraction of sp³-hybridized carbons (Fsp3) is 0.778. The summed E-state index contributed by atoms with van der Waals surface area (Å²) in [7, 11) is 1.39. The Morgan fingerprint density at radius 2 is 1.83 bits per heavy atom. The Hall–Kier alpha value is -0.700. The second-order valence-electron chi connectivity index (χ2n) is 2.65. The number of rotatable bonds is 6. The standard InChI is InChI=1S/C9H16O3/c1-4-6-8(11)9(12-3)7(10)5-2/h9H,4-6H2,1-3H3. The molecule has 0 rings (SSSR count). The number of carbonyl (C=O) groups is 2. The first-order chi connectivity index (χ1) is 5.67. The molecule has 0 fully saturated rings. The van der Waals surface area contributed by atoms with Gasteiger partial charge >= 0.3 is 0 Å². The predicted octanol–water partition coefficient (Wildman–Crippen LogP) is 1.35. The summed E-state index contributed by atoms with van der Waals surface area (Å²) in [6.07, 6.45) is 0.711. The lowest BCUT2D eigenvalue weighted by atomic mass is 10.1. The molecular formula is C9H16O3. The smallest absolute Gasteiger partial charge is 0.173 e. The lowest BCUT2D eigenvalue weighted by Crippen LogP contribution is -2.31. The third kappa shape index (κ3) is 3.13. The second-order valence-corrected chi connectivity index (χ2v) is 2.65. The van der Waals surface area contributed by atoms with E-state index in [4.69, 9.17) is 4.74 Å². The molecule has 12 heavy (non-hydrogen) atoms. The number of hydrogen-bond acceptors (Lipinski definition) is 3. The molecule has 0 aliphatic heterocycles. The normalized spacial score (nSPS) is 12.6. The summed E-state index contributed by atoms with van der Waals surface area (Å²) < 4.78 is 4.82. The van der Waals surface area contributed by atoms with Crippen LogP contribution in [-0.2, 0) is 14.3 Å². The van der Waals surface area contributed by atoms with Gasteiger partial charge in [0.15, 0.2) is 17.7 Å². The van der Waals surface area contributed by atoms with Crippen LogP contribution in [0.5, 0.6) is 0 Å². The van der Waals surface area contributed by atoms with Gasteiger partial charge in [0.1, 0.15) is 0 Å². The summed E-state index contributed by atoms with van der Waals surface area (Å²) in [5.41, 5.74) is 0. The first-order valence-corrected chi connectivity index (χ1v) is 4.25.